The maximum absolute atomic E-state index is 13.2. The fourth-order valence-corrected chi connectivity index (χ4v) is 4.06. The largest absolute Gasteiger partial charge is 0.468 e. The third-order valence-corrected chi connectivity index (χ3v) is 6.12. The molecule has 0 fully saturated rings. The number of carbonyl (C=O) groups excluding carboxylic acids is 3. The number of amides is 2. The smallest absolute Gasteiger partial charge is 0.408 e. The van der Waals surface area contributed by atoms with Crippen LogP contribution in [-0.2, 0) is 25.7 Å². The highest BCUT2D eigenvalue weighted by Gasteiger charge is 2.24. The zero-order chi connectivity index (χ0) is 26.6. The number of ether oxygens (including phenoxy) is 2. The Morgan fingerprint density at radius 3 is 2.27 bits per heavy atom. The number of methoxy groups -OCH3 is 1. The monoisotopic (exact) mass is 567 g/mol. The first kappa shape index (κ1) is 27.9. The molecule has 0 radical (unpaired) electrons. The Labute approximate surface area is 224 Å². The summed E-state index contributed by atoms with van der Waals surface area (Å²) in [6.07, 6.45) is -0.315. The summed E-state index contributed by atoms with van der Waals surface area (Å²) in [7, 11) is 1.33. The van der Waals surface area contributed by atoms with Crippen molar-refractivity contribution >= 4 is 39.6 Å². The predicted octanol–water partition coefficient (Wildman–Crippen LogP) is 4.94. The van der Waals surface area contributed by atoms with E-state index in [0.29, 0.717) is 12.1 Å². The quantitative estimate of drug-likeness (QED) is 0.283. The Morgan fingerprint density at radius 2 is 1.62 bits per heavy atom. The van der Waals surface area contributed by atoms with Crippen LogP contribution in [0.3, 0.4) is 0 Å². The first-order valence-corrected chi connectivity index (χ1v) is 12.6. The van der Waals surface area contributed by atoms with Crippen LogP contribution in [0.4, 0.5) is 10.5 Å². The zero-order valence-electron chi connectivity index (χ0n) is 20.7. The Kier molecular flexibility index (Phi) is 10.7. The molecule has 0 unspecified atom stereocenters. The number of anilines is 1. The van der Waals surface area contributed by atoms with Crippen LogP contribution in [0.25, 0.3) is 0 Å². The van der Waals surface area contributed by atoms with Crippen molar-refractivity contribution in [2.24, 2.45) is 0 Å². The van der Waals surface area contributed by atoms with E-state index in [-0.39, 0.29) is 19.1 Å². The van der Waals surface area contributed by atoms with Gasteiger partial charge in [0, 0.05) is 10.2 Å². The highest BCUT2D eigenvalue weighted by Crippen LogP contribution is 2.31. The van der Waals surface area contributed by atoms with Crippen molar-refractivity contribution in [3.63, 3.8) is 0 Å². The highest BCUT2D eigenvalue weighted by molar-refractivity contribution is 9.10. The van der Waals surface area contributed by atoms with E-state index in [0.717, 1.165) is 21.2 Å². The molecule has 194 valence electrons. The average Bonchev–Trinajstić information content (AvgIpc) is 2.92. The van der Waals surface area contributed by atoms with E-state index >= 15 is 0 Å². The molecular formula is C28H30BrN3O5. The molecule has 0 saturated carbocycles. The van der Waals surface area contributed by atoms with Crippen LogP contribution in [0.5, 0.6) is 0 Å². The SMILES string of the molecule is CC[C@H](NC(=O)OCc1ccccc1)C(=O)Nc1ccc(Br)cc1[C@H](NCC(=O)OC)c1ccccc1. The van der Waals surface area contributed by atoms with Crippen LogP contribution >= 0.6 is 15.9 Å². The lowest BCUT2D eigenvalue weighted by Gasteiger charge is -2.24. The number of hydrogen-bond acceptors (Lipinski definition) is 6. The predicted molar refractivity (Wildman–Crippen MR) is 145 cm³/mol. The van der Waals surface area contributed by atoms with Gasteiger partial charge in [-0.05, 0) is 41.3 Å². The third kappa shape index (κ3) is 8.44. The van der Waals surface area contributed by atoms with E-state index in [9.17, 15) is 14.4 Å². The number of carbonyl (C=O) groups is 3. The fraction of sp³-hybridized carbons (Fsp3) is 0.250. The topological polar surface area (TPSA) is 106 Å². The van der Waals surface area contributed by atoms with E-state index in [2.05, 4.69) is 31.9 Å². The van der Waals surface area contributed by atoms with Gasteiger partial charge in [0.05, 0.1) is 19.7 Å². The second kappa shape index (κ2) is 14.2. The molecule has 0 aliphatic heterocycles. The third-order valence-electron chi connectivity index (χ3n) is 5.62. The summed E-state index contributed by atoms with van der Waals surface area (Å²) in [5.41, 5.74) is 3.02. The number of nitrogens with one attached hydrogen (secondary N) is 3. The van der Waals surface area contributed by atoms with E-state index in [1.165, 1.54) is 7.11 Å². The first-order chi connectivity index (χ1) is 17.9. The van der Waals surface area contributed by atoms with E-state index in [4.69, 9.17) is 9.47 Å². The van der Waals surface area contributed by atoms with Crippen molar-refractivity contribution in [3.8, 4) is 0 Å². The van der Waals surface area contributed by atoms with Gasteiger partial charge in [-0.1, -0.05) is 83.5 Å². The molecule has 0 aliphatic carbocycles. The van der Waals surface area contributed by atoms with Crippen molar-refractivity contribution in [2.75, 3.05) is 19.0 Å². The van der Waals surface area contributed by atoms with Crippen molar-refractivity contribution in [3.05, 3.63) is 100 Å². The maximum Gasteiger partial charge on any atom is 0.408 e. The molecule has 0 aliphatic rings. The summed E-state index contributed by atoms with van der Waals surface area (Å²) >= 11 is 3.50. The number of hydrogen-bond donors (Lipinski definition) is 3. The maximum atomic E-state index is 13.2. The van der Waals surface area contributed by atoms with Crippen LogP contribution < -0.4 is 16.0 Å². The minimum Gasteiger partial charge on any atom is -0.468 e. The lowest BCUT2D eigenvalue weighted by atomic mass is 9.96. The molecule has 3 aromatic rings. The normalized spacial score (nSPS) is 12.2. The lowest BCUT2D eigenvalue weighted by Crippen LogP contribution is -2.43. The number of rotatable bonds is 11. The van der Waals surface area contributed by atoms with Gasteiger partial charge >= 0.3 is 12.1 Å². The van der Waals surface area contributed by atoms with Gasteiger partial charge in [0.2, 0.25) is 5.91 Å². The van der Waals surface area contributed by atoms with Crippen molar-refractivity contribution in [1.82, 2.24) is 10.6 Å². The molecule has 0 aromatic heterocycles. The molecule has 2 amide bonds. The number of alkyl carbamates (subject to hydrolysis) is 1. The summed E-state index contributed by atoms with van der Waals surface area (Å²) in [4.78, 5) is 37.4. The molecule has 0 saturated heterocycles. The van der Waals surface area contributed by atoms with Gasteiger partial charge in [0.1, 0.15) is 12.6 Å². The van der Waals surface area contributed by atoms with Crippen LogP contribution in [0, 0.1) is 0 Å². The van der Waals surface area contributed by atoms with Gasteiger partial charge < -0.3 is 20.1 Å². The van der Waals surface area contributed by atoms with Crippen LogP contribution in [-0.4, -0.2) is 37.7 Å². The molecule has 2 atom stereocenters. The second-order valence-electron chi connectivity index (χ2n) is 8.19. The van der Waals surface area contributed by atoms with E-state index < -0.39 is 24.1 Å². The summed E-state index contributed by atoms with van der Waals surface area (Å²) < 4.78 is 10.9. The zero-order valence-corrected chi connectivity index (χ0v) is 22.3. The lowest BCUT2D eigenvalue weighted by molar-refractivity contribution is -0.139. The minimum absolute atomic E-state index is 0.0254. The standard InChI is InChI=1S/C28H30BrN3O5/c1-3-23(32-28(35)37-18-19-10-6-4-7-11-19)27(34)31-24-15-14-21(29)16-22(24)26(30-17-25(33)36-2)20-12-8-5-9-13-20/h4-16,23,26,30H,3,17-18H2,1-2H3,(H,31,34)(H,32,35)/t23-,26+/m0/s1. The molecule has 8 nitrogen and oxygen atoms in total. The molecule has 3 rings (SSSR count). The van der Waals surface area contributed by atoms with E-state index in [1.807, 2.05) is 72.8 Å². The van der Waals surface area contributed by atoms with Gasteiger partial charge in [-0.25, -0.2) is 4.79 Å². The molecule has 0 bridgehead atoms. The molecule has 3 N–H and O–H groups in total. The summed E-state index contributed by atoms with van der Waals surface area (Å²) in [5.74, 6) is -0.798. The molecule has 37 heavy (non-hydrogen) atoms. The van der Waals surface area contributed by atoms with Crippen molar-refractivity contribution < 1.29 is 23.9 Å². The van der Waals surface area contributed by atoms with Crippen molar-refractivity contribution in [1.29, 1.82) is 0 Å². The van der Waals surface area contributed by atoms with Gasteiger partial charge in [-0.2, -0.15) is 0 Å². The molecule has 3 aromatic carbocycles. The molecule has 0 heterocycles. The minimum atomic E-state index is -0.807. The Morgan fingerprint density at radius 1 is 0.946 bits per heavy atom. The van der Waals surface area contributed by atoms with Crippen LogP contribution in [0.15, 0.2) is 83.3 Å². The Hall–Kier alpha value is -3.69. The van der Waals surface area contributed by atoms with Gasteiger partial charge in [0.25, 0.3) is 0 Å². The van der Waals surface area contributed by atoms with Crippen molar-refractivity contribution in [2.45, 2.75) is 32.0 Å². The highest BCUT2D eigenvalue weighted by atomic mass is 79.9. The summed E-state index contributed by atoms with van der Waals surface area (Å²) in [5, 5.41) is 8.79. The first-order valence-electron chi connectivity index (χ1n) is 11.8. The summed E-state index contributed by atoms with van der Waals surface area (Å²) in [6.45, 7) is 1.88. The number of esters is 1. The molecular weight excluding hydrogens is 538 g/mol. The van der Waals surface area contributed by atoms with E-state index in [1.54, 1.807) is 13.0 Å². The second-order valence-corrected chi connectivity index (χ2v) is 9.10. The molecule has 9 heteroatoms. The summed E-state index contributed by atoms with van der Waals surface area (Å²) in [6, 6.07) is 23.1. The van der Waals surface area contributed by atoms with Gasteiger partial charge in [-0.15, -0.1) is 0 Å². The number of benzene rings is 3. The Bertz CT molecular complexity index is 1190. The number of halogens is 1. The average molecular weight is 568 g/mol. The fourth-order valence-electron chi connectivity index (χ4n) is 3.68. The van der Waals surface area contributed by atoms with Gasteiger partial charge in [0.15, 0.2) is 0 Å². The van der Waals surface area contributed by atoms with Crippen LogP contribution in [0.1, 0.15) is 36.1 Å². The Balaban J connectivity index is 1.77. The van der Waals surface area contributed by atoms with Crippen LogP contribution in [0.2, 0.25) is 0 Å². The van der Waals surface area contributed by atoms with Gasteiger partial charge in [-0.3, -0.25) is 14.9 Å². The molecule has 0 spiro atoms.